The number of imide groups is 1. The predicted molar refractivity (Wildman–Crippen MR) is 192 cm³/mol. The second-order valence-corrected chi connectivity index (χ2v) is 16.0. The van der Waals surface area contributed by atoms with Crippen LogP contribution < -0.4 is 15.2 Å². The van der Waals surface area contributed by atoms with Crippen molar-refractivity contribution in [3.8, 4) is 5.75 Å². The third-order valence-corrected chi connectivity index (χ3v) is 9.82. The number of alkyl halides is 1. The average Bonchev–Trinajstić information content (AvgIpc) is 3.23. The molecule has 1 saturated heterocycles. The van der Waals surface area contributed by atoms with Crippen molar-refractivity contribution >= 4 is 52.6 Å². The van der Waals surface area contributed by atoms with E-state index in [1.807, 2.05) is 19.1 Å². The number of hydrogen-bond acceptors (Lipinski definition) is 7. The number of amides is 4. The summed E-state index contributed by atoms with van der Waals surface area (Å²) in [6, 6.07) is 12.3. The molecule has 268 valence electrons. The van der Waals surface area contributed by atoms with Crippen LogP contribution in [0.2, 0.25) is 0 Å². The average molecular weight is 698 g/mol. The third-order valence-electron chi connectivity index (χ3n) is 9.31. The number of carbonyl (C=O) groups excluding carboxylic acids is 5. The van der Waals surface area contributed by atoms with Crippen LogP contribution in [-0.2, 0) is 34.7 Å². The highest BCUT2D eigenvalue weighted by atomic mass is 35.5. The summed E-state index contributed by atoms with van der Waals surface area (Å²) in [5.41, 5.74) is -0.676. The number of hydrogen-bond donors (Lipinski definition) is 1. The summed E-state index contributed by atoms with van der Waals surface area (Å²) >= 11 is 6.78. The van der Waals surface area contributed by atoms with Gasteiger partial charge in [-0.2, -0.15) is 0 Å². The van der Waals surface area contributed by atoms with Gasteiger partial charge < -0.3 is 14.9 Å². The molecule has 0 spiro atoms. The molecule has 1 aliphatic rings. The molecule has 11 heteroatoms. The zero-order valence-corrected chi connectivity index (χ0v) is 31.8. The summed E-state index contributed by atoms with van der Waals surface area (Å²) in [6.07, 6.45) is 1.29. The van der Waals surface area contributed by atoms with Gasteiger partial charge in [-0.15, -0.1) is 5.06 Å². The molecule has 0 radical (unpaired) electrons. The van der Waals surface area contributed by atoms with Crippen LogP contribution >= 0.6 is 11.6 Å². The molecule has 1 unspecified atom stereocenters. The molecule has 0 aromatic heterocycles. The molecular formula is C38H52ClN3O7. The first kappa shape index (κ1) is 39.5. The molecule has 1 N–H and O–H groups in total. The first-order valence-electron chi connectivity index (χ1n) is 16.9. The minimum atomic E-state index is -2.76. The van der Waals surface area contributed by atoms with E-state index in [0.29, 0.717) is 22.8 Å². The number of Topliss-reactive ketones (excluding diaryl/α,β-unsaturated/α-hetero) is 1. The quantitative estimate of drug-likeness (QED) is 0.0965. The molecule has 2 aromatic carbocycles. The van der Waals surface area contributed by atoms with Crippen LogP contribution in [0.1, 0.15) is 120 Å². The number of rotatable bonds is 13. The SMILES string of the molecule is CCCC(=O)N(Oc1ccc(C(C)(C)CC)cc1C(C)(C)CC)c1cccc(NC(=O)C(Cl)(C(=O)C(C)(C)C)N2C(=O)OC(C)(C)C2=O)c1. The minimum absolute atomic E-state index is 0.0699. The molecule has 0 bridgehead atoms. The zero-order chi connectivity index (χ0) is 37.3. The highest BCUT2D eigenvalue weighted by molar-refractivity contribution is 6.50. The maximum atomic E-state index is 14.0. The van der Waals surface area contributed by atoms with Gasteiger partial charge in [0.05, 0.1) is 5.69 Å². The zero-order valence-electron chi connectivity index (χ0n) is 31.0. The highest BCUT2D eigenvalue weighted by Gasteiger charge is 2.64. The molecule has 2 aromatic rings. The summed E-state index contributed by atoms with van der Waals surface area (Å²) in [5.74, 6) is -2.75. The van der Waals surface area contributed by atoms with Crippen LogP contribution in [0.25, 0.3) is 0 Å². The first-order valence-corrected chi connectivity index (χ1v) is 17.2. The van der Waals surface area contributed by atoms with E-state index in [9.17, 15) is 24.0 Å². The number of cyclic esters (lactones) is 1. The van der Waals surface area contributed by atoms with E-state index < -0.39 is 39.7 Å². The van der Waals surface area contributed by atoms with E-state index >= 15 is 0 Å². The van der Waals surface area contributed by atoms with E-state index in [1.165, 1.54) is 51.8 Å². The lowest BCUT2D eigenvalue weighted by Gasteiger charge is -2.35. The predicted octanol–water partition coefficient (Wildman–Crippen LogP) is 8.44. The fourth-order valence-corrected chi connectivity index (χ4v) is 5.74. The number of nitrogens with one attached hydrogen (secondary N) is 1. The molecule has 1 fully saturated rings. The molecule has 49 heavy (non-hydrogen) atoms. The Bertz CT molecular complexity index is 1630. The Hall–Kier alpha value is -3.92. The van der Waals surface area contributed by atoms with Crippen LogP contribution in [0.5, 0.6) is 5.75 Å². The molecule has 0 saturated carbocycles. The van der Waals surface area contributed by atoms with Gasteiger partial charge in [-0.3, -0.25) is 19.2 Å². The normalized spacial score (nSPS) is 16.1. The van der Waals surface area contributed by atoms with Crippen molar-refractivity contribution in [3.05, 3.63) is 53.6 Å². The number of halogens is 1. The fourth-order valence-electron chi connectivity index (χ4n) is 5.27. The summed E-state index contributed by atoms with van der Waals surface area (Å²) in [4.78, 5) is 71.5. The van der Waals surface area contributed by atoms with Gasteiger partial charge in [0.15, 0.2) is 17.1 Å². The van der Waals surface area contributed by atoms with Gasteiger partial charge in [-0.25, -0.2) is 9.69 Å². The molecular weight excluding hydrogens is 646 g/mol. The number of ketones is 1. The Kier molecular flexibility index (Phi) is 11.4. The van der Waals surface area contributed by atoms with Gasteiger partial charge in [-0.1, -0.05) is 99.0 Å². The molecule has 0 aliphatic carbocycles. The van der Waals surface area contributed by atoms with Crippen molar-refractivity contribution in [3.63, 3.8) is 0 Å². The van der Waals surface area contributed by atoms with E-state index in [0.717, 1.165) is 24.0 Å². The number of hydroxylamine groups is 1. The van der Waals surface area contributed by atoms with Crippen LogP contribution in [0.15, 0.2) is 42.5 Å². The largest absolute Gasteiger partial charge is 0.433 e. The Balaban J connectivity index is 2.10. The van der Waals surface area contributed by atoms with Crippen molar-refractivity contribution in [2.75, 3.05) is 10.4 Å². The van der Waals surface area contributed by atoms with E-state index in [2.05, 4.69) is 52.9 Å². The molecule has 4 amide bonds. The Labute approximate surface area is 295 Å². The molecule has 3 rings (SSSR count). The monoisotopic (exact) mass is 697 g/mol. The summed E-state index contributed by atoms with van der Waals surface area (Å²) in [7, 11) is 0. The fraction of sp³-hybridized carbons (Fsp3) is 0.553. The Morgan fingerprint density at radius 2 is 1.53 bits per heavy atom. The summed E-state index contributed by atoms with van der Waals surface area (Å²) in [5, 5.41) is 3.80. The first-order chi connectivity index (χ1) is 22.5. The molecule has 10 nitrogen and oxygen atoms in total. The number of carbonyl (C=O) groups is 5. The number of ether oxygens (including phenoxy) is 1. The number of anilines is 2. The smallest absolute Gasteiger partial charge is 0.420 e. The molecule has 1 heterocycles. The second-order valence-electron chi connectivity index (χ2n) is 15.4. The number of nitrogens with zero attached hydrogens (tertiary/aromatic N) is 2. The summed E-state index contributed by atoms with van der Waals surface area (Å²) < 4.78 is 5.17. The molecule has 1 aliphatic heterocycles. The Morgan fingerprint density at radius 3 is 2.04 bits per heavy atom. The van der Waals surface area contributed by atoms with Crippen LogP contribution in [0, 0.1) is 5.41 Å². The minimum Gasteiger partial charge on any atom is -0.433 e. The lowest BCUT2D eigenvalue weighted by molar-refractivity contribution is -0.148. The van der Waals surface area contributed by atoms with Crippen molar-refractivity contribution in [2.45, 2.75) is 130 Å². The Morgan fingerprint density at radius 1 is 0.918 bits per heavy atom. The van der Waals surface area contributed by atoms with Gasteiger partial charge in [0, 0.05) is 23.1 Å². The number of benzene rings is 2. The van der Waals surface area contributed by atoms with Crippen LogP contribution in [-0.4, -0.2) is 45.1 Å². The van der Waals surface area contributed by atoms with Crippen molar-refractivity contribution in [1.82, 2.24) is 4.90 Å². The van der Waals surface area contributed by atoms with E-state index in [4.69, 9.17) is 21.2 Å². The summed E-state index contributed by atoms with van der Waals surface area (Å²) in [6.45, 7) is 22.0. The maximum absolute atomic E-state index is 14.0. The molecule has 1 atom stereocenters. The lowest BCUT2D eigenvalue weighted by atomic mass is 9.76. The highest BCUT2D eigenvalue weighted by Crippen LogP contribution is 2.41. The standard InChI is InChI=1S/C38H52ClN3O7/c1-13-17-29(43)42(49-28-21-20-24(35(7,8)14-2)22-27(28)36(9,10)15-3)26-19-16-18-25(23-26)40-31(45)38(39,30(44)34(4,5)6)41-32(46)37(11,12)48-33(41)47/h16,18-23H,13-15,17H2,1-12H3,(H,40,45). The third kappa shape index (κ3) is 7.95. The van der Waals surface area contributed by atoms with Crippen LogP contribution in [0.3, 0.4) is 0 Å². The topological polar surface area (TPSA) is 122 Å². The van der Waals surface area contributed by atoms with Gasteiger partial charge >= 0.3 is 6.09 Å². The van der Waals surface area contributed by atoms with E-state index in [1.54, 1.807) is 12.1 Å². The van der Waals surface area contributed by atoms with Gasteiger partial charge in [0.1, 0.15) is 0 Å². The van der Waals surface area contributed by atoms with Crippen molar-refractivity contribution in [2.24, 2.45) is 5.41 Å². The maximum Gasteiger partial charge on any atom is 0.420 e. The van der Waals surface area contributed by atoms with Gasteiger partial charge in [0.2, 0.25) is 0 Å². The van der Waals surface area contributed by atoms with Gasteiger partial charge in [-0.05, 0) is 73.8 Å². The van der Waals surface area contributed by atoms with Gasteiger partial charge in [0.25, 0.3) is 22.7 Å². The van der Waals surface area contributed by atoms with Crippen molar-refractivity contribution < 1.29 is 33.5 Å². The second kappa shape index (κ2) is 14.1. The lowest BCUT2D eigenvalue weighted by Crippen LogP contribution is -2.63. The van der Waals surface area contributed by atoms with Crippen molar-refractivity contribution in [1.29, 1.82) is 0 Å². The van der Waals surface area contributed by atoms with E-state index in [-0.39, 0.29) is 28.8 Å². The van der Waals surface area contributed by atoms with Crippen LogP contribution in [0.4, 0.5) is 16.2 Å².